The minimum Gasteiger partial charge on any atom is -0.481 e. The van der Waals surface area contributed by atoms with Crippen molar-refractivity contribution in [3.63, 3.8) is 0 Å². The first-order valence-corrected chi connectivity index (χ1v) is 6.92. The minimum atomic E-state index is -0.880. The fraction of sp³-hybridized carbons (Fsp3) is 0.333. The molecule has 0 aliphatic carbocycles. The molecule has 7 heteroatoms. The third-order valence-corrected chi connectivity index (χ3v) is 3.21. The van der Waals surface area contributed by atoms with Crippen LogP contribution >= 0.6 is 0 Å². The first kappa shape index (κ1) is 15.7. The highest BCUT2D eigenvalue weighted by atomic mass is 16.5. The zero-order valence-corrected chi connectivity index (χ0v) is 12.4. The van der Waals surface area contributed by atoms with Crippen molar-refractivity contribution in [2.45, 2.75) is 26.8 Å². The molecule has 0 saturated carbocycles. The van der Waals surface area contributed by atoms with Gasteiger partial charge in [-0.15, -0.1) is 5.10 Å². The number of benzene rings is 1. The zero-order valence-electron chi connectivity index (χ0n) is 12.4. The van der Waals surface area contributed by atoms with Gasteiger partial charge in [-0.3, -0.25) is 4.79 Å². The monoisotopic (exact) mass is 303 g/mol. The standard InChI is InChI=1S/C15H17N3O4/c1-3-22-14(21)7-5-11-4-6-12-15(10(11)2)16-17-18(12)9-8-13(19)20/h4-7H,3,8-9H2,1-2H3,(H,19,20)/b7-5+. The summed E-state index contributed by atoms with van der Waals surface area (Å²) in [6.07, 6.45) is 3.03. The average molecular weight is 303 g/mol. The van der Waals surface area contributed by atoms with E-state index in [1.165, 1.54) is 6.08 Å². The number of carboxylic acid groups (broad SMARTS) is 1. The second-order valence-corrected chi connectivity index (χ2v) is 4.69. The van der Waals surface area contributed by atoms with Crippen LogP contribution < -0.4 is 0 Å². The Morgan fingerprint density at radius 2 is 2.18 bits per heavy atom. The number of ether oxygens (including phenoxy) is 1. The maximum atomic E-state index is 11.3. The van der Waals surface area contributed by atoms with Crippen LogP contribution in [0.4, 0.5) is 0 Å². The number of esters is 1. The second-order valence-electron chi connectivity index (χ2n) is 4.69. The lowest BCUT2D eigenvalue weighted by Crippen LogP contribution is -2.05. The Labute approximate surface area is 127 Å². The highest BCUT2D eigenvalue weighted by Crippen LogP contribution is 2.21. The summed E-state index contributed by atoms with van der Waals surface area (Å²) in [5.74, 6) is -1.28. The zero-order chi connectivity index (χ0) is 16.1. The molecule has 0 aliphatic heterocycles. The molecule has 1 heterocycles. The van der Waals surface area contributed by atoms with Gasteiger partial charge in [-0.2, -0.15) is 0 Å². The van der Waals surface area contributed by atoms with E-state index in [1.807, 2.05) is 19.1 Å². The number of carboxylic acids is 1. The number of nitrogens with zero attached hydrogens (tertiary/aromatic N) is 3. The minimum absolute atomic E-state index is 0.0119. The van der Waals surface area contributed by atoms with Crippen molar-refractivity contribution >= 4 is 29.0 Å². The Morgan fingerprint density at radius 1 is 1.41 bits per heavy atom. The van der Waals surface area contributed by atoms with Crippen LogP contribution in [0.2, 0.25) is 0 Å². The van der Waals surface area contributed by atoms with Gasteiger partial charge in [0.2, 0.25) is 0 Å². The Hall–Kier alpha value is -2.70. The van der Waals surface area contributed by atoms with Crippen LogP contribution in [0.1, 0.15) is 24.5 Å². The third-order valence-electron chi connectivity index (χ3n) is 3.21. The lowest BCUT2D eigenvalue weighted by Gasteiger charge is -2.03. The van der Waals surface area contributed by atoms with Crippen LogP contribution in [0.25, 0.3) is 17.1 Å². The van der Waals surface area contributed by atoms with Gasteiger partial charge in [-0.25, -0.2) is 9.48 Å². The molecule has 1 aromatic heterocycles. The number of rotatable bonds is 6. The Kier molecular flexibility index (Phi) is 4.88. The molecule has 116 valence electrons. The van der Waals surface area contributed by atoms with E-state index in [0.29, 0.717) is 12.1 Å². The number of aromatic nitrogens is 3. The fourth-order valence-electron chi connectivity index (χ4n) is 2.08. The van der Waals surface area contributed by atoms with Crippen LogP contribution in [0.5, 0.6) is 0 Å². The summed E-state index contributed by atoms with van der Waals surface area (Å²) in [5.41, 5.74) is 3.17. The van der Waals surface area contributed by atoms with Gasteiger partial charge < -0.3 is 9.84 Å². The molecule has 0 aliphatic rings. The molecule has 0 spiro atoms. The van der Waals surface area contributed by atoms with Crippen molar-refractivity contribution in [2.24, 2.45) is 0 Å². The van der Waals surface area contributed by atoms with Crippen molar-refractivity contribution in [1.29, 1.82) is 0 Å². The molecule has 2 aromatic rings. The highest BCUT2D eigenvalue weighted by Gasteiger charge is 2.10. The highest BCUT2D eigenvalue weighted by molar-refractivity contribution is 5.89. The molecule has 0 atom stereocenters. The summed E-state index contributed by atoms with van der Waals surface area (Å²) in [6, 6.07) is 3.66. The lowest BCUT2D eigenvalue weighted by molar-refractivity contribution is -0.138. The molecule has 0 amide bonds. The first-order chi connectivity index (χ1) is 10.5. The van der Waals surface area contributed by atoms with E-state index in [9.17, 15) is 9.59 Å². The Bertz CT molecular complexity index is 734. The van der Waals surface area contributed by atoms with Gasteiger partial charge in [0.25, 0.3) is 0 Å². The van der Waals surface area contributed by atoms with E-state index in [4.69, 9.17) is 9.84 Å². The molecule has 0 fully saturated rings. The van der Waals surface area contributed by atoms with Gasteiger partial charge in [0.1, 0.15) is 5.52 Å². The molecular formula is C15H17N3O4. The molecular weight excluding hydrogens is 286 g/mol. The van der Waals surface area contributed by atoms with Gasteiger partial charge in [0.15, 0.2) is 0 Å². The van der Waals surface area contributed by atoms with Gasteiger partial charge in [-0.1, -0.05) is 11.3 Å². The maximum Gasteiger partial charge on any atom is 0.330 e. The number of aryl methyl sites for hydroxylation is 2. The summed E-state index contributed by atoms with van der Waals surface area (Å²) in [5, 5.41) is 16.8. The Balaban J connectivity index is 2.27. The molecule has 0 bridgehead atoms. The predicted octanol–water partition coefficient (Wildman–Crippen LogP) is 1.79. The summed E-state index contributed by atoms with van der Waals surface area (Å²) in [4.78, 5) is 22.0. The van der Waals surface area contributed by atoms with E-state index in [-0.39, 0.29) is 13.0 Å². The van der Waals surface area contributed by atoms with Crippen LogP contribution in [0.3, 0.4) is 0 Å². The molecule has 1 aromatic carbocycles. The van der Waals surface area contributed by atoms with Gasteiger partial charge in [-0.05, 0) is 37.1 Å². The second kappa shape index (κ2) is 6.84. The van der Waals surface area contributed by atoms with E-state index >= 15 is 0 Å². The molecule has 0 saturated heterocycles. The van der Waals surface area contributed by atoms with E-state index in [0.717, 1.165) is 16.6 Å². The van der Waals surface area contributed by atoms with Crippen molar-refractivity contribution in [3.05, 3.63) is 29.3 Å². The molecule has 7 nitrogen and oxygen atoms in total. The van der Waals surface area contributed by atoms with E-state index in [2.05, 4.69) is 10.3 Å². The van der Waals surface area contributed by atoms with Crippen molar-refractivity contribution in [1.82, 2.24) is 15.0 Å². The van der Waals surface area contributed by atoms with Crippen molar-refractivity contribution in [2.75, 3.05) is 6.61 Å². The SMILES string of the molecule is CCOC(=O)/C=C/c1ccc2c(nnn2CCC(=O)O)c1C. The average Bonchev–Trinajstić information content (AvgIpc) is 2.88. The number of carbonyl (C=O) groups excluding carboxylic acids is 1. The topological polar surface area (TPSA) is 94.3 Å². The molecule has 2 rings (SSSR count). The van der Waals surface area contributed by atoms with Crippen LogP contribution in [0, 0.1) is 6.92 Å². The number of hydrogen-bond donors (Lipinski definition) is 1. The normalized spacial score (nSPS) is 11.2. The summed E-state index contributed by atoms with van der Waals surface area (Å²) in [7, 11) is 0. The van der Waals surface area contributed by atoms with E-state index < -0.39 is 11.9 Å². The van der Waals surface area contributed by atoms with Crippen molar-refractivity contribution in [3.8, 4) is 0 Å². The molecule has 22 heavy (non-hydrogen) atoms. The van der Waals surface area contributed by atoms with Gasteiger partial charge in [0.05, 0.1) is 25.1 Å². The number of carbonyl (C=O) groups is 2. The van der Waals surface area contributed by atoms with Crippen LogP contribution in [-0.4, -0.2) is 38.6 Å². The number of aliphatic carboxylic acids is 1. The summed E-state index contributed by atoms with van der Waals surface area (Å²) < 4.78 is 6.40. The quantitative estimate of drug-likeness (QED) is 0.646. The molecule has 0 radical (unpaired) electrons. The predicted molar refractivity (Wildman–Crippen MR) is 80.2 cm³/mol. The molecule has 1 N–H and O–H groups in total. The third kappa shape index (κ3) is 3.49. The largest absolute Gasteiger partial charge is 0.481 e. The smallest absolute Gasteiger partial charge is 0.330 e. The van der Waals surface area contributed by atoms with Gasteiger partial charge >= 0.3 is 11.9 Å². The van der Waals surface area contributed by atoms with Crippen molar-refractivity contribution < 1.29 is 19.4 Å². The Morgan fingerprint density at radius 3 is 2.86 bits per heavy atom. The summed E-state index contributed by atoms with van der Waals surface area (Å²) >= 11 is 0. The lowest BCUT2D eigenvalue weighted by atomic mass is 10.1. The first-order valence-electron chi connectivity index (χ1n) is 6.92. The fourth-order valence-corrected chi connectivity index (χ4v) is 2.08. The van der Waals surface area contributed by atoms with Crippen LogP contribution in [0.15, 0.2) is 18.2 Å². The van der Waals surface area contributed by atoms with E-state index in [1.54, 1.807) is 17.7 Å². The number of fused-ring (bicyclic) bond motifs is 1. The summed E-state index contributed by atoms with van der Waals surface area (Å²) in [6.45, 7) is 4.23. The van der Waals surface area contributed by atoms with Crippen LogP contribution in [-0.2, 0) is 20.9 Å². The van der Waals surface area contributed by atoms with Gasteiger partial charge in [0, 0.05) is 6.08 Å². The maximum absolute atomic E-state index is 11.3. The molecule has 0 unspecified atom stereocenters. The number of hydrogen-bond acceptors (Lipinski definition) is 5.